The molecule has 0 saturated heterocycles. The Balaban J connectivity index is 1.89. The van der Waals surface area contributed by atoms with E-state index in [9.17, 15) is 9.90 Å². The molecule has 1 atom stereocenters. The van der Waals surface area contributed by atoms with Crippen LogP contribution in [0, 0.1) is 26.7 Å². The largest absolute Gasteiger partial charge is 0.478 e. The zero-order chi connectivity index (χ0) is 23.0. The quantitative estimate of drug-likeness (QED) is 0.365. The van der Waals surface area contributed by atoms with Gasteiger partial charge in [0.25, 0.3) is 0 Å². The van der Waals surface area contributed by atoms with Gasteiger partial charge in [-0.1, -0.05) is 44.5 Å². The summed E-state index contributed by atoms with van der Waals surface area (Å²) >= 11 is 0. The minimum Gasteiger partial charge on any atom is -0.478 e. The lowest BCUT2D eigenvalue weighted by Gasteiger charge is -2.16. The van der Waals surface area contributed by atoms with Crippen molar-refractivity contribution >= 4 is 17.0 Å². The number of hydrogen-bond donors (Lipinski definition) is 1. The SMILES string of the molecule is CCC(C)Cc1nc2cc(C)c(C)cc2n1-c1ccc(-c2ccccc2C(=O)O)c(C)c1. The highest BCUT2D eigenvalue weighted by molar-refractivity contribution is 5.96. The molecular formula is C28H30N2O2. The molecule has 0 spiro atoms. The van der Waals surface area contributed by atoms with Crippen LogP contribution in [-0.4, -0.2) is 20.6 Å². The molecule has 4 nitrogen and oxygen atoms in total. The van der Waals surface area contributed by atoms with E-state index >= 15 is 0 Å². The summed E-state index contributed by atoms with van der Waals surface area (Å²) in [5.74, 6) is 0.694. The molecule has 3 aromatic carbocycles. The predicted octanol–water partition coefficient (Wildman–Crippen LogP) is 6.90. The number of nitrogens with zero attached hydrogens (tertiary/aromatic N) is 2. The topological polar surface area (TPSA) is 55.1 Å². The van der Waals surface area contributed by atoms with Crippen molar-refractivity contribution in [3.05, 3.63) is 82.7 Å². The van der Waals surface area contributed by atoms with Gasteiger partial charge in [-0.25, -0.2) is 9.78 Å². The molecule has 1 unspecified atom stereocenters. The lowest BCUT2D eigenvalue weighted by atomic mass is 9.95. The second-order valence-electron chi connectivity index (χ2n) is 8.86. The highest BCUT2D eigenvalue weighted by Gasteiger charge is 2.18. The normalized spacial score (nSPS) is 12.3. The first-order valence-electron chi connectivity index (χ1n) is 11.2. The van der Waals surface area contributed by atoms with E-state index in [1.165, 1.54) is 11.1 Å². The first kappa shape index (κ1) is 21.8. The van der Waals surface area contributed by atoms with Gasteiger partial charge in [0, 0.05) is 12.1 Å². The van der Waals surface area contributed by atoms with Gasteiger partial charge < -0.3 is 5.11 Å². The predicted molar refractivity (Wildman–Crippen MR) is 131 cm³/mol. The summed E-state index contributed by atoms with van der Waals surface area (Å²) in [5, 5.41) is 9.62. The van der Waals surface area contributed by atoms with Crippen molar-refractivity contribution in [2.24, 2.45) is 5.92 Å². The fourth-order valence-electron chi connectivity index (χ4n) is 4.26. The number of carbonyl (C=O) groups is 1. The maximum atomic E-state index is 11.7. The lowest BCUT2D eigenvalue weighted by molar-refractivity contribution is 0.0697. The van der Waals surface area contributed by atoms with E-state index in [2.05, 4.69) is 56.5 Å². The van der Waals surface area contributed by atoms with Crippen molar-refractivity contribution in [2.45, 2.75) is 47.5 Å². The van der Waals surface area contributed by atoms with Crippen LogP contribution in [0.5, 0.6) is 0 Å². The first-order valence-corrected chi connectivity index (χ1v) is 11.2. The third kappa shape index (κ3) is 3.93. The number of aromatic nitrogens is 2. The highest BCUT2D eigenvalue weighted by atomic mass is 16.4. The maximum absolute atomic E-state index is 11.7. The van der Waals surface area contributed by atoms with Crippen LogP contribution in [0.15, 0.2) is 54.6 Å². The van der Waals surface area contributed by atoms with Crippen LogP contribution < -0.4 is 0 Å². The number of benzene rings is 3. The molecule has 0 amide bonds. The summed E-state index contributed by atoms with van der Waals surface area (Å²) in [6.07, 6.45) is 2.01. The molecule has 0 radical (unpaired) electrons. The molecule has 1 N–H and O–H groups in total. The summed E-state index contributed by atoms with van der Waals surface area (Å²) in [4.78, 5) is 16.7. The average Bonchev–Trinajstić information content (AvgIpc) is 3.10. The van der Waals surface area contributed by atoms with Crippen LogP contribution >= 0.6 is 0 Å². The molecule has 0 aliphatic rings. The number of carboxylic acids is 1. The van der Waals surface area contributed by atoms with Crippen LogP contribution in [0.1, 0.15) is 53.1 Å². The molecule has 4 aromatic rings. The number of aromatic carboxylic acids is 1. The molecule has 0 aliphatic carbocycles. The standard InChI is InChI=1S/C28H30N2O2/c1-6-17(2)13-27-29-25-15-18(3)19(4)16-26(25)30(27)21-11-12-22(20(5)14-21)23-9-7-8-10-24(23)28(31)32/h7-12,14-17H,6,13H2,1-5H3,(H,31,32). The van der Waals surface area contributed by atoms with Crippen molar-refractivity contribution in [3.63, 3.8) is 0 Å². The minimum atomic E-state index is -0.911. The van der Waals surface area contributed by atoms with Crippen molar-refractivity contribution in [2.75, 3.05) is 0 Å². The number of hydrogen-bond acceptors (Lipinski definition) is 2. The van der Waals surface area contributed by atoms with Gasteiger partial charge in [-0.05, 0) is 84.8 Å². The number of carboxylic acid groups (broad SMARTS) is 1. The van der Waals surface area contributed by atoms with Crippen LogP contribution in [0.2, 0.25) is 0 Å². The summed E-state index contributed by atoms with van der Waals surface area (Å²) in [5.41, 5.74) is 8.72. The third-order valence-corrected chi connectivity index (χ3v) is 6.48. The average molecular weight is 427 g/mol. The van der Waals surface area contributed by atoms with E-state index in [1.807, 2.05) is 25.1 Å². The van der Waals surface area contributed by atoms with E-state index < -0.39 is 5.97 Å². The van der Waals surface area contributed by atoms with Gasteiger partial charge in [0.05, 0.1) is 16.6 Å². The summed E-state index contributed by atoms with van der Waals surface area (Å²) in [7, 11) is 0. The Morgan fingerprint density at radius 1 is 0.969 bits per heavy atom. The van der Waals surface area contributed by atoms with E-state index in [4.69, 9.17) is 4.98 Å². The van der Waals surface area contributed by atoms with Crippen LogP contribution in [0.3, 0.4) is 0 Å². The zero-order valence-corrected chi connectivity index (χ0v) is 19.4. The smallest absolute Gasteiger partial charge is 0.336 e. The van der Waals surface area contributed by atoms with Gasteiger partial charge in [-0.15, -0.1) is 0 Å². The first-order chi connectivity index (χ1) is 15.3. The molecule has 164 valence electrons. The Hall–Kier alpha value is -3.40. The molecule has 4 heteroatoms. The van der Waals surface area contributed by atoms with E-state index in [0.29, 0.717) is 11.5 Å². The van der Waals surface area contributed by atoms with E-state index in [-0.39, 0.29) is 0 Å². The zero-order valence-electron chi connectivity index (χ0n) is 19.4. The fourth-order valence-corrected chi connectivity index (χ4v) is 4.26. The number of rotatable bonds is 6. The molecule has 0 aliphatic heterocycles. The molecular weight excluding hydrogens is 396 g/mol. The lowest BCUT2D eigenvalue weighted by Crippen LogP contribution is -2.07. The maximum Gasteiger partial charge on any atom is 0.336 e. The van der Waals surface area contributed by atoms with Crippen molar-refractivity contribution < 1.29 is 9.90 Å². The molecule has 1 aromatic heterocycles. The van der Waals surface area contributed by atoms with Gasteiger partial charge in [-0.2, -0.15) is 0 Å². The van der Waals surface area contributed by atoms with Crippen molar-refractivity contribution in [3.8, 4) is 16.8 Å². The molecule has 0 fully saturated rings. The second-order valence-corrected chi connectivity index (χ2v) is 8.86. The van der Waals surface area contributed by atoms with Crippen LogP contribution in [-0.2, 0) is 6.42 Å². The van der Waals surface area contributed by atoms with Gasteiger partial charge in [0.2, 0.25) is 0 Å². The van der Waals surface area contributed by atoms with Crippen LogP contribution in [0.4, 0.5) is 0 Å². The van der Waals surface area contributed by atoms with E-state index in [0.717, 1.165) is 52.1 Å². The Bertz CT molecular complexity index is 1320. The molecule has 0 bridgehead atoms. The van der Waals surface area contributed by atoms with Crippen LogP contribution in [0.25, 0.3) is 27.8 Å². The second kappa shape index (κ2) is 8.62. The molecule has 32 heavy (non-hydrogen) atoms. The fraction of sp³-hybridized carbons (Fsp3) is 0.286. The highest BCUT2D eigenvalue weighted by Crippen LogP contribution is 2.31. The number of fused-ring (bicyclic) bond motifs is 1. The van der Waals surface area contributed by atoms with Crippen molar-refractivity contribution in [1.82, 2.24) is 9.55 Å². The van der Waals surface area contributed by atoms with Crippen molar-refractivity contribution in [1.29, 1.82) is 0 Å². The van der Waals surface area contributed by atoms with Gasteiger partial charge in [-0.3, -0.25) is 4.57 Å². The monoisotopic (exact) mass is 426 g/mol. The summed E-state index contributed by atoms with van der Waals surface area (Å²) < 4.78 is 2.27. The summed E-state index contributed by atoms with van der Waals surface area (Å²) in [6, 6.07) is 17.8. The Kier molecular flexibility index (Phi) is 5.88. The number of aryl methyl sites for hydroxylation is 3. The van der Waals surface area contributed by atoms with Gasteiger partial charge >= 0.3 is 5.97 Å². The molecule has 0 saturated carbocycles. The van der Waals surface area contributed by atoms with Gasteiger partial charge in [0.15, 0.2) is 0 Å². The van der Waals surface area contributed by atoms with Gasteiger partial charge in [0.1, 0.15) is 5.82 Å². The third-order valence-electron chi connectivity index (χ3n) is 6.48. The number of imidazole rings is 1. The Morgan fingerprint density at radius 2 is 1.69 bits per heavy atom. The molecule has 1 heterocycles. The minimum absolute atomic E-state index is 0.319. The Labute approximate surface area is 189 Å². The Morgan fingerprint density at radius 3 is 2.38 bits per heavy atom. The van der Waals surface area contributed by atoms with E-state index in [1.54, 1.807) is 12.1 Å². The molecule has 4 rings (SSSR count). The summed E-state index contributed by atoms with van der Waals surface area (Å²) in [6.45, 7) is 10.8.